The van der Waals surface area contributed by atoms with E-state index in [0.29, 0.717) is 23.4 Å². The summed E-state index contributed by atoms with van der Waals surface area (Å²) >= 11 is 4.99. The van der Waals surface area contributed by atoms with Crippen molar-refractivity contribution in [2.75, 3.05) is 11.9 Å². The molecule has 0 aliphatic rings. The fourth-order valence-corrected chi connectivity index (χ4v) is 2.69. The standard InChI is InChI=1S/C22H26N4O4S/c1-14(2)11-19(27)23-17-9-7-16(8-10-17)21(29)25-26-22(31)24-20(28)13-30-18-6-4-5-15(3)12-18/h4-10,12,14H,11,13H2,1-3H3,(H,23,27)(H,25,29)(H2,24,26,28,31). The van der Waals surface area contributed by atoms with Crippen LogP contribution < -0.4 is 26.2 Å². The molecule has 0 bridgehead atoms. The fraction of sp³-hybridized carbons (Fsp3) is 0.273. The average molecular weight is 443 g/mol. The Balaban J connectivity index is 1.73. The zero-order valence-corrected chi connectivity index (χ0v) is 18.5. The molecule has 0 atom stereocenters. The van der Waals surface area contributed by atoms with Crippen molar-refractivity contribution in [3.8, 4) is 5.75 Å². The first kappa shape index (κ1) is 23.8. The Kier molecular flexibility index (Phi) is 8.95. The molecule has 2 aromatic rings. The van der Waals surface area contributed by atoms with Crippen molar-refractivity contribution < 1.29 is 19.1 Å². The number of hydrogen-bond donors (Lipinski definition) is 4. The zero-order chi connectivity index (χ0) is 22.8. The smallest absolute Gasteiger partial charge is 0.269 e. The molecule has 0 spiro atoms. The normalized spacial score (nSPS) is 10.2. The fourth-order valence-electron chi connectivity index (χ4n) is 2.52. The molecule has 0 aromatic heterocycles. The molecule has 0 aliphatic heterocycles. The summed E-state index contributed by atoms with van der Waals surface area (Å²) in [4.78, 5) is 35.9. The number of ether oxygens (including phenoxy) is 1. The number of benzene rings is 2. The molecule has 31 heavy (non-hydrogen) atoms. The third-order valence-electron chi connectivity index (χ3n) is 3.93. The maximum atomic E-state index is 12.2. The number of rotatable bonds is 7. The van der Waals surface area contributed by atoms with E-state index in [1.165, 1.54) is 0 Å². The molecule has 2 aromatic carbocycles. The van der Waals surface area contributed by atoms with Crippen molar-refractivity contribution in [2.45, 2.75) is 27.2 Å². The Hall–Kier alpha value is -3.46. The lowest BCUT2D eigenvalue weighted by molar-refractivity contribution is -0.121. The van der Waals surface area contributed by atoms with Crippen LogP contribution in [0, 0.1) is 12.8 Å². The number of hydrazine groups is 1. The average Bonchev–Trinajstić information content (AvgIpc) is 2.70. The van der Waals surface area contributed by atoms with Gasteiger partial charge in [-0.15, -0.1) is 0 Å². The first-order valence-corrected chi connectivity index (χ1v) is 10.1. The van der Waals surface area contributed by atoms with Crippen molar-refractivity contribution in [1.82, 2.24) is 16.2 Å². The summed E-state index contributed by atoms with van der Waals surface area (Å²) in [5, 5.41) is 5.12. The predicted molar refractivity (Wildman–Crippen MR) is 123 cm³/mol. The van der Waals surface area contributed by atoms with E-state index in [0.717, 1.165) is 5.56 Å². The molecule has 4 N–H and O–H groups in total. The van der Waals surface area contributed by atoms with Gasteiger partial charge in [-0.1, -0.05) is 26.0 Å². The van der Waals surface area contributed by atoms with Gasteiger partial charge in [-0.2, -0.15) is 0 Å². The maximum absolute atomic E-state index is 12.2. The number of amides is 3. The van der Waals surface area contributed by atoms with Crippen LogP contribution in [0.4, 0.5) is 5.69 Å². The Morgan fingerprint density at radius 3 is 2.35 bits per heavy atom. The van der Waals surface area contributed by atoms with Crippen LogP contribution in [-0.2, 0) is 9.59 Å². The highest BCUT2D eigenvalue weighted by Gasteiger charge is 2.10. The van der Waals surface area contributed by atoms with Crippen LogP contribution >= 0.6 is 12.2 Å². The van der Waals surface area contributed by atoms with E-state index in [1.807, 2.05) is 39.0 Å². The Bertz CT molecular complexity index is 945. The van der Waals surface area contributed by atoms with Crippen molar-refractivity contribution in [3.63, 3.8) is 0 Å². The second-order valence-corrected chi connectivity index (χ2v) is 7.69. The highest BCUT2D eigenvalue weighted by Crippen LogP contribution is 2.12. The van der Waals surface area contributed by atoms with E-state index in [4.69, 9.17) is 17.0 Å². The predicted octanol–water partition coefficient (Wildman–Crippen LogP) is 2.69. The van der Waals surface area contributed by atoms with Crippen molar-refractivity contribution in [1.29, 1.82) is 0 Å². The molecular formula is C22H26N4O4S. The van der Waals surface area contributed by atoms with Crippen LogP contribution in [0.15, 0.2) is 48.5 Å². The molecule has 0 aliphatic carbocycles. The van der Waals surface area contributed by atoms with Crippen molar-refractivity contribution >= 4 is 40.7 Å². The summed E-state index contributed by atoms with van der Waals surface area (Å²) < 4.78 is 5.39. The Labute approximate surface area is 186 Å². The Morgan fingerprint density at radius 2 is 1.71 bits per heavy atom. The number of carbonyl (C=O) groups is 3. The highest BCUT2D eigenvalue weighted by molar-refractivity contribution is 7.80. The topological polar surface area (TPSA) is 109 Å². The van der Waals surface area contributed by atoms with Gasteiger partial charge >= 0.3 is 0 Å². The van der Waals surface area contributed by atoms with Crippen LogP contribution in [0.25, 0.3) is 0 Å². The van der Waals surface area contributed by atoms with E-state index in [2.05, 4.69) is 21.5 Å². The molecule has 2 rings (SSSR count). The lowest BCUT2D eigenvalue weighted by Gasteiger charge is -2.12. The summed E-state index contributed by atoms with van der Waals surface area (Å²) in [7, 11) is 0. The molecule has 9 heteroatoms. The second kappa shape index (κ2) is 11.7. The minimum atomic E-state index is -0.463. The van der Waals surface area contributed by atoms with Crippen LogP contribution in [0.1, 0.15) is 36.2 Å². The molecule has 8 nitrogen and oxygen atoms in total. The van der Waals surface area contributed by atoms with E-state index in [-0.39, 0.29) is 23.5 Å². The van der Waals surface area contributed by atoms with Gasteiger partial charge in [0.2, 0.25) is 5.91 Å². The van der Waals surface area contributed by atoms with Crippen LogP contribution in [-0.4, -0.2) is 29.4 Å². The molecule has 0 saturated heterocycles. The quantitative estimate of drug-likeness (QED) is 0.388. The van der Waals surface area contributed by atoms with Gasteiger partial charge in [-0.05, 0) is 67.0 Å². The second-order valence-electron chi connectivity index (χ2n) is 7.29. The summed E-state index contributed by atoms with van der Waals surface area (Å²) in [6, 6.07) is 13.7. The molecule has 0 unspecified atom stereocenters. The number of aryl methyl sites for hydroxylation is 1. The number of thiocarbonyl (C=S) groups is 1. The molecule has 0 radical (unpaired) electrons. The third kappa shape index (κ3) is 8.83. The molecular weight excluding hydrogens is 416 g/mol. The molecule has 0 heterocycles. The first-order valence-electron chi connectivity index (χ1n) is 9.72. The van der Waals surface area contributed by atoms with Gasteiger partial charge in [-0.3, -0.25) is 30.6 Å². The molecule has 0 fully saturated rings. The van der Waals surface area contributed by atoms with E-state index in [1.54, 1.807) is 30.3 Å². The van der Waals surface area contributed by atoms with E-state index in [9.17, 15) is 14.4 Å². The number of carbonyl (C=O) groups excluding carboxylic acids is 3. The largest absolute Gasteiger partial charge is 0.484 e. The summed E-state index contributed by atoms with van der Waals surface area (Å²) in [6.45, 7) is 5.63. The maximum Gasteiger partial charge on any atom is 0.269 e. The highest BCUT2D eigenvalue weighted by atomic mass is 32.1. The van der Waals surface area contributed by atoms with Crippen LogP contribution in [0.3, 0.4) is 0 Å². The van der Waals surface area contributed by atoms with Crippen LogP contribution in [0.2, 0.25) is 0 Å². The minimum Gasteiger partial charge on any atom is -0.484 e. The van der Waals surface area contributed by atoms with Gasteiger partial charge in [-0.25, -0.2) is 0 Å². The third-order valence-corrected chi connectivity index (χ3v) is 4.13. The van der Waals surface area contributed by atoms with Crippen LogP contribution in [0.5, 0.6) is 5.75 Å². The first-order chi connectivity index (χ1) is 14.7. The lowest BCUT2D eigenvalue weighted by atomic mass is 10.1. The van der Waals surface area contributed by atoms with Gasteiger partial charge in [0, 0.05) is 17.7 Å². The van der Waals surface area contributed by atoms with Crippen molar-refractivity contribution in [2.24, 2.45) is 5.92 Å². The summed E-state index contributed by atoms with van der Waals surface area (Å²) in [5.74, 6) is -0.163. The Morgan fingerprint density at radius 1 is 1.00 bits per heavy atom. The zero-order valence-electron chi connectivity index (χ0n) is 17.7. The minimum absolute atomic E-state index is 0.0660. The molecule has 3 amide bonds. The van der Waals surface area contributed by atoms with Gasteiger partial charge < -0.3 is 10.1 Å². The van der Waals surface area contributed by atoms with E-state index >= 15 is 0 Å². The van der Waals surface area contributed by atoms with Crippen molar-refractivity contribution in [3.05, 3.63) is 59.7 Å². The number of nitrogens with one attached hydrogen (secondary N) is 4. The molecule has 0 saturated carbocycles. The van der Waals surface area contributed by atoms with Gasteiger partial charge in [0.15, 0.2) is 11.7 Å². The van der Waals surface area contributed by atoms with Gasteiger partial charge in [0.25, 0.3) is 11.8 Å². The summed E-state index contributed by atoms with van der Waals surface area (Å²) in [5.41, 5.74) is 6.83. The molecule has 164 valence electrons. The van der Waals surface area contributed by atoms with E-state index < -0.39 is 11.8 Å². The SMILES string of the molecule is Cc1cccc(OCC(=O)NC(=S)NNC(=O)c2ccc(NC(=O)CC(C)C)cc2)c1. The van der Waals surface area contributed by atoms with Gasteiger partial charge in [0.05, 0.1) is 0 Å². The summed E-state index contributed by atoms with van der Waals surface area (Å²) in [6.07, 6.45) is 0.422. The van der Waals surface area contributed by atoms with Gasteiger partial charge in [0.1, 0.15) is 5.75 Å². The lowest BCUT2D eigenvalue weighted by Crippen LogP contribution is -2.49. The number of anilines is 1. The number of hydrogen-bond acceptors (Lipinski definition) is 5. The monoisotopic (exact) mass is 442 g/mol.